The first-order valence-electron chi connectivity index (χ1n) is 8.35. The number of carbonyl (C=O) groups is 2. The normalized spacial score (nSPS) is 10.3. The Kier molecular flexibility index (Phi) is 7.21. The number of rotatable bonds is 8. The van der Waals surface area contributed by atoms with Crippen LogP contribution in [-0.4, -0.2) is 33.0 Å². The number of ether oxygens (including phenoxy) is 2. The van der Waals surface area contributed by atoms with Gasteiger partial charge in [-0.3, -0.25) is 9.59 Å². The first-order valence-corrected chi connectivity index (χ1v) is 8.35. The molecule has 0 N–H and O–H groups in total. The van der Waals surface area contributed by atoms with Crippen molar-refractivity contribution in [3.63, 3.8) is 0 Å². The number of aldehydes is 1. The Morgan fingerprint density at radius 2 is 2.00 bits per heavy atom. The molecule has 0 atom stereocenters. The van der Waals surface area contributed by atoms with Crippen molar-refractivity contribution >= 4 is 24.0 Å². The predicted molar refractivity (Wildman–Crippen MR) is 106 cm³/mol. The Labute approximate surface area is 159 Å². The summed E-state index contributed by atoms with van der Waals surface area (Å²) in [6.45, 7) is 0.379. The second-order valence-electron chi connectivity index (χ2n) is 5.62. The van der Waals surface area contributed by atoms with E-state index >= 15 is 0 Å². The highest BCUT2D eigenvalue weighted by molar-refractivity contribution is 6.05. The van der Waals surface area contributed by atoms with E-state index in [1.807, 2.05) is 6.07 Å². The maximum absolute atomic E-state index is 12.4. The number of carbonyl (C=O) groups excluding carboxylic acids is 2. The number of methoxy groups -OCH3 is 1. The molecule has 0 aliphatic heterocycles. The lowest BCUT2D eigenvalue weighted by molar-refractivity contribution is -0.113. The second kappa shape index (κ2) is 9.83. The molecule has 2 rings (SSSR count). The number of nitrogens with zero attached hydrogens (tertiary/aromatic N) is 1. The van der Waals surface area contributed by atoms with Crippen LogP contribution in [0.2, 0.25) is 0 Å². The van der Waals surface area contributed by atoms with Gasteiger partial charge in [-0.05, 0) is 35.9 Å². The largest absolute Gasteiger partial charge is 0.493 e. The zero-order valence-electron chi connectivity index (χ0n) is 15.3. The summed E-state index contributed by atoms with van der Waals surface area (Å²) in [6, 6.07) is 12.3. The van der Waals surface area contributed by atoms with Crippen LogP contribution in [0.1, 0.15) is 22.3 Å². The maximum atomic E-state index is 12.4. The average molecular weight is 363 g/mol. The summed E-state index contributed by atoms with van der Waals surface area (Å²) in [7, 11) is 3.18. The summed E-state index contributed by atoms with van der Waals surface area (Å²) in [5, 5.41) is 0. The first kappa shape index (κ1) is 19.8. The summed E-state index contributed by atoms with van der Waals surface area (Å²) in [4.78, 5) is 25.0. The van der Waals surface area contributed by atoms with E-state index in [-0.39, 0.29) is 5.91 Å². The summed E-state index contributed by atoms with van der Waals surface area (Å²) in [5.41, 5.74) is 1.78. The van der Waals surface area contributed by atoms with Crippen LogP contribution < -0.4 is 14.4 Å². The van der Waals surface area contributed by atoms with Crippen LogP contribution in [0.5, 0.6) is 11.5 Å². The number of anilines is 1. The molecule has 0 saturated carbocycles. The molecule has 2 aromatic carbocycles. The van der Waals surface area contributed by atoms with Crippen LogP contribution in [0.15, 0.2) is 48.5 Å². The molecule has 1 amide bonds. The van der Waals surface area contributed by atoms with Gasteiger partial charge in [0, 0.05) is 25.1 Å². The minimum absolute atomic E-state index is 0.255. The minimum Gasteiger partial charge on any atom is -0.493 e. The Morgan fingerprint density at radius 3 is 2.70 bits per heavy atom. The second-order valence-corrected chi connectivity index (χ2v) is 5.62. The Balaban J connectivity index is 2.16. The van der Waals surface area contributed by atoms with E-state index in [2.05, 4.69) is 5.92 Å². The maximum Gasteiger partial charge on any atom is 0.250 e. The molecule has 0 bridgehead atoms. The van der Waals surface area contributed by atoms with Crippen LogP contribution >= 0.6 is 0 Å². The molecule has 5 heteroatoms. The van der Waals surface area contributed by atoms with Crippen molar-refractivity contribution in [2.75, 3.05) is 25.7 Å². The predicted octanol–water partition coefficient (Wildman–Crippen LogP) is 3.59. The topological polar surface area (TPSA) is 55.8 Å². The zero-order valence-corrected chi connectivity index (χ0v) is 15.3. The quantitative estimate of drug-likeness (QED) is 0.311. The molecular formula is C22H21NO4. The van der Waals surface area contributed by atoms with E-state index in [0.717, 1.165) is 11.8 Å². The molecule has 0 heterocycles. The molecule has 2 aromatic rings. The van der Waals surface area contributed by atoms with Crippen molar-refractivity contribution < 1.29 is 19.1 Å². The lowest BCUT2D eigenvalue weighted by atomic mass is 10.1. The molecule has 0 spiro atoms. The average Bonchev–Trinajstić information content (AvgIpc) is 2.71. The SMILES string of the molecule is C#CCCOc1cc(/C=C/C(=O)N(C)c2ccccc2C=O)ccc1OC. The third-order valence-corrected chi connectivity index (χ3v) is 3.87. The van der Waals surface area contributed by atoms with Gasteiger partial charge in [0.1, 0.15) is 0 Å². The van der Waals surface area contributed by atoms with Gasteiger partial charge >= 0.3 is 0 Å². The van der Waals surface area contributed by atoms with Crippen molar-refractivity contribution in [1.29, 1.82) is 0 Å². The van der Waals surface area contributed by atoms with Gasteiger partial charge in [0.25, 0.3) is 5.91 Å². The van der Waals surface area contributed by atoms with Gasteiger partial charge in [0.05, 0.1) is 19.4 Å². The molecule has 0 fully saturated rings. The van der Waals surface area contributed by atoms with Crippen molar-refractivity contribution in [3.8, 4) is 23.8 Å². The molecule has 0 radical (unpaired) electrons. The number of benzene rings is 2. The van der Waals surface area contributed by atoms with Crippen molar-refractivity contribution in [2.24, 2.45) is 0 Å². The lowest BCUT2D eigenvalue weighted by Gasteiger charge is -2.17. The van der Waals surface area contributed by atoms with Crippen molar-refractivity contribution in [3.05, 3.63) is 59.7 Å². The third kappa shape index (κ3) is 5.23. The number of likely N-dealkylation sites (N-methyl/N-ethyl adjacent to an activating group) is 1. The number of terminal acetylenes is 1. The van der Waals surface area contributed by atoms with E-state index in [0.29, 0.717) is 35.8 Å². The smallest absolute Gasteiger partial charge is 0.250 e. The lowest BCUT2D eigenvalue weighted by Crippen LogP contribution is -2.25. The summed E-state index contributed by atoms with van der Waals surface area (Å²) >= 11 is 0. The molecule has 0 aromatic heterocycles. The standard InChI is InChI=1S/C22H21NO4/c1-4-5-14-27-21-15-17(10-12-20(21)26-3)11-13-22(25)23(2)19-9-7-6-8-18(19)16-24/h1,6-13,15-16H,5,14H2,2-3H3/b13-11+. The summed E-state index contributed by atoms with van der Waals surface area (Å²) in [5.74, 6) is 3.41. The molecule has 5 nitrogen and oxygen atoms in total. The highest BCUT2D eigenvalue weighted by Gasteiger charge is 2.11. The number of para-hydroxylation sites is 1. The molecular weight excluding hydrogens is 342 g/mol. The monoisotopic (exact) mass is 363 g/mol. The van der Waals surface area contributed by atoms with Gasteiger partial charge in [-0.25, -0.2) is 0 Å². The van der Waals surface area contributed by atoms with Crippen LogP contribution in [0.25, 0.3) is 6.08 Å². The molecule has 0 aliphatic carbocycles. The van der Waals surface area contributed by atoms with Gasteiger partial charge in [0.15, 0.2) is 17.8 Å². The molecule has 0 unspecified atom stereocenters. The fraction of sp³-hybridized carbons (Fsp3) is 0.182. The molecule has 0 saturated heterocycles. The molecule has 0 aliphatic rings. The summed E-state index contributed by atoms with van der Waals surface area (Å²) < 4.78 is 10.9. The van der Waals surface area contributed by atoms with E-state index in [4.69, 9.17) is 15.9 Å². The number of hydrogen-bond acceptors (Lipinski definition) is 4. The van der Waals surface area contributed by atoms with Crippen LogP contribution in [0, 0.1) is 12.3 Å². The van der Waals surface area contributed by atoms with Crippen molar-refractivity contribution in [1.82, 2.24) is 0 Å². The van der Waals surface area contributed by atoms with Gasteiger partial charge < -0.3 is 14.4 Å². The van der Waals surface area contributed by atoms with Gasteiger partial charge in [-0.15, -0.1) is 12.3 Å². The fourth-order valence-electron chi connectivity index (χ4n) is 2.42. The van der Waals surface area contributed by atoms with E-state index in [1.54, 1.807) is 56.6 Å². The van der Waals surface area contributed by atoms with Gasteiger partial charge in [-0.1, -0.05) is 18.2 Å². The van der Waals surface area contributed by atoms with E-state index < -0.39 is 0 Å². The first-order chi connectivity index (χ1) is 13.1. The Bertz CT molecular complexity index is 880. The Morgan fingerprint density at radius 1 is 1.22 bits per heavy atom. The Hall–Kier alpha value is -3.52. The van der Waals surface area contributed by atoms with Crippen molar-refractivity contribution in [2.45, 2.75) is 6.42 Å². The number of amides is 1. The van der Waals surface area contributed by atoms with Gasteiger partial charge in [0.2, 0.25) is 0 Å². The van der Waals surface area contributed by atoms with E-state index in [9.17, 15) is 9.59 Å². The van der Waals surface area contributed by atoms with Gasteiger partial charge in [-0.2, -0.15) is 0 Å². The van der Waals surface area contributed by atoms with Crippen LogP contribution in [0.3, 0.4) is 0 Å². The molecule has 138 valence electrons. The molecule has 27 heavy (non-hydrogen) atoms. The van der Waals surface area contributed by atoms with Crippen LogP contribution in [-0.2, 0) is 4.79 Å². The summed E-state index contributed by atoms with van der Waals surface area (Å²) in [6.07, 6.45) is 9.57. The highest BCUT2D eigenvalue weighted by Crippen LogP contribution is 2.28. The van der Waals surface area contributed by atoms with E-state index in [1.165, 1.54) is 11.0 Å². The fourth-order valence-corrected chi connectivity index (χ4v) is 2.42. The number of hydrogen-bond donors (Lipinski definition) is 0. The minimum atomic E-state index is -0.255. The van der Waals surface area contributed by atoms with Crippen LogP contribution in [0.4, 0.5) is 5.69 Å². The zero-order chi connectivity index (χ0) is 19.6. The third-order valence-electron chi connectivity index (χ3n) is 3.87. The highest BCUT2D eigenvalue weighted by atomic mass is 16.5.